The van der Waals surface area contributed by atoms with Crippen LogP contribution in [0.1, 0.15) is 24.1 Å². The van der Waals surface area contributed by atoms with Gasteiger partial charge in [0.05, 0.1) is 12.6 Å². The second-order valence-electron chi connectivity index (χ2n) is 4.75. The predicted molar refractivity (Wildman–Crippen MR) is 84.2 cm³/mol. The summed E-state index contributed by atoms with van der Waals surface area (Å²) >= 11 is 0. The molecule has 1 unspecified atom stereocenters. The molecule has 0 aliphatic carbocycles. The second-order valence-corrected chi connectivity index (χ2v) is 4.75. The van der Waals surface area contributed by atoms with Gasteiger partial charge in [-0.3, -0.25) is 0 Å². The molecule has 2 rings (SSSR count). The number of anilines is 1. The molecule has 0 saturated carbocycles. The van der Waals surface area contributed by atoms with Crippen molar-refractivity contribution < 1.29 is 4.74 Å². The number of para-hydroxylation sites is 1. The van der Waals surface area contributed by atoms with E-state index in [-0.39, 0.29) is 6.04 Å². The maximum Gasteiger partial charge on any atom is 0.119 e. The Morgan fingerprint density at radius 1 is 1.10 bits per heavy atom. The van der Waals surface area contributed by atoms with Crippen molar-refractivity contribution in [3.63, 3.8) is 0 Å². The molecule has 20 heavy (non-hydrogen) atoms. The molecule has 106 valence electrons. The molecular weight excluding hydrogens is 248 g/mol. The van der Waals surface area contributed by atoms with Crippen molar-refractivity contribution in [1.29, 1.82) is 0 Å². The molecule has 0 spiro atoms. The third-order valence-electron chi connectivity index (χ3n) is 3.30. The number of hydrogen-bond donors (Lipinski definition) is 2. The summed E-state index contributed by atoms with van der Waals surface area (Å²) in [7, 11) is 0. The summed E-state index contributed by atoms with van der Waals surface area (Å²) < 4.78 is 5.46. The minimum atomic E-state index is 0.103. The first-order valence-electron chi connectivity index (χ1n) is 6.99. The van der Waals surface area contributed by atoms with Crippen molar-refractivity contribution >= 4 is 5.69 Å². The molecule has 0 amide bonds. The molecule has 0 bridgehead atoms. The highest BCUT2D eigenvalue weighted by atomic mass is 16.5. The number of hydrogen-bond acceptors (Lipinski definition) is 3. The highest BCUT2D eigenvalue weighted by Crippen LogP contribution is 2.23. The van der Waals surface area contributed by atoms with Gasteiger partial charge in [0.25, 0.3) is 0 Å². The molecule has 0 aliphatic rings. The van der Waals surface area contributed by atoms with Crippen LogP contribution in [0.2, 0.25) is 0 Å². The average Bonchev–Trinajstić information content (AvgIpc) is 2.48. The maximum atomic E-state index is 5.91. The van der Waals surface area contributed by atoms with Crippen LogP contribution in [0.25, 0.3) is 0 Å². The average molecular weight is 270 g/mol. The molecule has 0 radical (unpaired) electrons. The van der Waals surface area contributed by atoms with Gasteiger partial charge in [0, 0.05) is 12.2 Å². The van der Waals surface area contributed by atoms with E-state index in [0.29, 0.717) is 13.2 Å². The Kier molecular flexibility index (Phi) is 5.02. The van der Waals surface area contributed by atoms with E-state index < -0.39 is 0 Å². The summed E-state index contributed by atoms with van der Waals surface area (Å²) in [5, 5.41) is 3.50. The van der Waals surface area contributed by atoms with Crippen LogP contribution in [0, 0.1) is 6.92 Å². The van der Waals surface area contributed by atoms with E-state index >= 15 is 0 Å². The molecule has 0 aromatic heterocycles. The minimum absolute atomic E-state index is 0.103. The van der Waals surface area contributed by atoms with Crippen LogP contribution < -0.4 is 15.8 Å². The summed E-state index contributed by atoms with van der Waals surface area (Å²) in [5.41, 5.74) is 9.41. The van der Waals surface area contributed by atoms with Crippen LogP contribution in [-0.4, -0.2) is 13.2 Å². The normalized spacial score (nSPS) is 11.9. The molecule has 3 N–H and O–H groups in total. The van der Waals surface area contributed by atoms with Gasteiger partial charge >= 0.3 is 0 Å². The van der Waals surface area contributed by atoms with Crippen molar-refractivity contribution in [3.05, 3.63) is 59.7 Å². The zero-order chi connectivity index (χ0) is 14.4. The number of ether oxygens (including phenoxy) is 1. The van der Waals surface area contributed by atoms with Gasteiger partial charge in [0.1, 0.15) is 5.75 Å². The fraction of sp³-hybridized carbons (Fsp3) is 0.294. The third kappa shape index (κ3) is 3.52. The molecule has 2 aromatic carbocycles. The number of benzene rings is 2. The molecule has 0 fully saturated rings. The zero-order valence-electron chi connectivity index (χ0n) is 12.1. The Labute approximate surface area is 120 Å². The first-order chi connectivity index (χ1) is 9.74. The van der Waals surface area contributed by atoms with E-state index in [0.717, 1.165) is 11.4 Å². The quantitative estimate of drug-likeness (QED) is 0.844. The van der Waals surface area contributed by atoms with Crippen LogP contribution >= 0.6 is 0 Å². The molecule has 0 aliphatic heterocycles. The first kappa shape index (κ1) is 14.4. The van der Waals surface area contributed by atoms with Crippen molar-refractivity contribution in [3.8, 4) is 5.75 Å². The summed E-state index contributed by atoms with van der Waals surface area (Å²) in [6, 6.07) is 16.4. The predicted octanol–water partition coefficient (Wildman–Crippen LogP) is 3.51. The molecular formula is C17H22N2O. The van der Waals surface area contributed by atoms with E-state index in [1.54, 1.807) is 0 Å². The van der Waals surface area contributed by atoms with Crippen LogP contribution in [0.4, 0.5) is 5.69 Å². The van der Waals surface area contributed by atoms with Crippen molar-refractivity contribution in [2.45, 2.75) is 19.9 Å². The van der Waals surface area contributed by atoms with E-state index in [9.17, 15) is 0 Å². The standard InChI is InChI=1S/C17H22N2O/c1-3-20-15-10-8-14(9-11-15)17(12-18)19-16-7-5-4-6-13(16)2/h4-11,17,19H,3,12,18H2,1-2H3. The summed E-state index contributed by atoms with van der Waals surface area (Å²) in [6.07, 6.45) is 0. The largest absolute Gasteiger partial charge is 0.494 e. The first-order valence-corrected chi connectivity index (χ1v) is 6.99. The Morgan fingerprint density at radius 3 is 2.40 bits per heavy atom. The lowest BCUT2D eigenvalue weighted by Gasteiger charge is -2.20. The van der Waals surface area contributed by atoms with Gasteiger partial charge in [-0.2, -0.15) is 0 Å². The van der Waals surface area contributed by atoms with Gasteiger partial charge in [-0.25, -0.2) is 0 Å². The van der Waals surface area contributed by atoms with E-state index in [2.05, 4.69) is 36.5 Å². The number of rotatable bonds is 6. The summed E-state index contributed by atoms with van der Waals surface area (Å²) in [6.45, 7) is 5.30. The van der Waals surface area contributed by atoms with Crippen LogP contribution in [-0.2, 0) is 0 Å². The zero-order valence-corrected chi connectivity index (χ0v) is 12.1. The Balaban J connectivity index is 2.13. The van der Waals surface area contributed by atoms with Crippen molar-refractivity contribution in [2.24, 2.45) is 5.73 Å². The smallest absolute Gasteiger partial charge is 0.119 e. The number of nitrogens with one attached hydrogen (secondary N) is 1. The molecule has 3 heteroatoms. The summed E-state index contributed by atoms with van der Waals surface area (Å²) in [5.74, 6) is 0.892. The van der Waals surface area contributed by atoms with Gasteiger partial charge < -0.3 is 15.8 Å². The lowest BCUT2D eigenvalue weighted by atomic mass is 10.1. The molecule has 1 atom stereocenters. The lowest BCUT2D eigenvalue weighted by molar-refractivity contribution is 0.340. The Hall–Kier alpha value is -2.00. The fourth-order valence-electron chi connectivity index (χ4n) is 2.16. The van der Waals surface area contributed by atoms with Gasteiger partial charge in [-0.1, -0.05) is 30.3 Å². The van der Waals surface area contributed by atoms with Crippen LogP contribution in [0.5, 0.6) is 5.75 Å². The summed E-state index contributed by atoms with van der Waals surface area (Å²) in [4.78, 5) is 0. The van der Waals surface area contributed by atoms with Crippen molar-refractivity contribution in [2.75, 3.05) is 18.5 Å². The van der Waals surface area contributed by atoms with Gasteiger partial charge in [0.15, 0.2) is 0 Å². The number of nitrogens with two attached hydrogens (primary N) is 1. The Morgan fingerprint density at radius 2 is 1.80 bits per heavy atom. The second kappa shape index (κ2) is 6.96. The SMILES string of the molecule is CCOc1ccc(C(CN)Nc2ccccc2C)cc1. The number of aryl methyl sites for hydroxylation is 1. The van der Waals surface area contributed by atoms with E-state index in [1.807, 2.05) is 31.2 Å². The monoisotopic (exact) mass is 270 g/mol. The fourth-order valence-corrected chi connectivity index (χ4v) is 2.16. The highest BCUT2D eigenvalue weighted by molar-refractivity contribution is 5.52. The van der Waals surface area contributed by atoms with Gasteiger partial charge in [-0.15, -0.1) is 0 Å². The molecule has 0 heterocycles. The van der Waals surface area contributed by atoms with Crippen molar-refractivity contribution in [1.82, 2.24) is 0 Å². The van der Waals surface area contributed by atoms with E-state index in [4.69, 9.17) is 10.5 Å². The minimum Gasteiger partial charge on any atom is -0.494 e. The Bertz CT molecular complexity index is 537. The molecule has 2 aromatic rings. The highest BCUT2D eigenvalue weighted by Gasteiger charge is 2.10. The third-order valence-corrected chi connectivity index (χ3v) is 3.30. The van der Waals surface area contributed by atoms with Gasteiger partial charge in [-0.05, 0) is 43.2 Å². The molecule has 0 saturated heterocycles. The topological polar surface area (TPSA) is 47.3 Å². The maximum absolute atomic E-state index is 5.91. The lowest BCUT2D eigenvalue weighted by Crippen LogP contribution is -2.20. The van der Waals surface area contributed by atoms with Crippen LogP contribution in [0.3, 0.4) is 0 Å². The van der Waals surface area contributed by atoms with E-state index in [1.165, 1.54) is 11.1 Å². The van der Waals surface area contributed by atoms with Crippen LogP contribution in [0.15, 0.2) is 48.5 Å². The molecule has 3 nitrogen and oxygen atoms in total. The van der Waals surface area contributed by atoms with Gasteiger partial charge in [0.2, 0.25) is 0 Å².